The van der Waals surface area contributed by atoms with Gasteiger partial charge in [0.2, 0.25) is 0 Å². The van der Waals surface area contributed by atoms with Gasteiger partial charge in [0.25, 0.3) is 0 Å². The van der Waals surface area contributed by atoms with Gasteiger partial charge in [-0.2, -0.15) is 0 Å². The number of fused-ring (bicyclic) bond motifs is 12. The fourth-order valence-electron chi connectivity index (χ4n) is 10.9. The van der Waals surface area contributed by atoms with E-state index in [9.17, 15) is 0 Å². The Morgan fingerprint density at radius 3 is 1.61 bits per heavy atom. The molecule has 0 N–H and O–H groups in total. The van der Waals surface area contributed by atoms with E-state index in [2.05, 4.69) is 214 Å². The summed E-state index contributed by atoms with van der Waals surface area (Å²) in [6.07, 6.45) is 0. The summed E-state index contributed by atoms with van der Waals surface area (Å²) in [4.78, 5) is 10.9. The number of aromatic nitrogens is 2. The second-order valence-electron chi connectivity index (χ2n) is 18.0. The van der Waals surface area contributed by atoms with Gasteiger partial charge in [-0.3, -0.25) is 4.57 Å². The molecule has 4 heteroatoms. The summed E-state index contributed by atoms with van der Waals surface area (Å²) < 4.78 is 6.48. The molecule has 2 heterocycles. The number of rotatable bonds is 4. The molecule has 0 saturated heterocycles. The predicted octanol–water partition coefficient (Wildman–Crippen LogP) is 15.2. The number of aliphatic imine (C=N–C) groups is 1. The van der Waals surface area contributed by atoms with Crippen molar-refractivity contribution in [3.8, 4) is 39.3 Å². The van der Waals surface area contributed by atoms with E-state index in [-0.39, 0.29) is 10.8 Å². The number of hydrogen-bond acceptors (Lipinski definition) is 2. The molecule has 296 valence electrons. The van der Waals surface area contributed by atoms with Crippen molar-refractivity contribution in [1.82, 2.24) is 9.55 Å². The van der Waals surface area contributed by atoms with E-state index in [1.807, 2.05) is 0 Å². The Labute approximate surface area is 368 Å². The molecule has 0 atom stereocenters. The van der Waals surface area contributed by atoms with Crippen molar-refractivity contribution < 1.29 is 0 Å². The number of halogens is 1. The molecule has 3 nitrogen and oxygen atoms in total. The Bertz CT molecular complexity index is 3580. The fourth-order valence-corrected chi connectivity index (χ4v) is 16.8. The summed E-state index contributed by atoms with van der Waals surface area (Å²) in [7, 11) is 0. The second kappa shape index (κ2) is 12.9. The van der Waals surface area contributed by atoms with Crippen molar-refractivity contribution in [1.29, 1.82) is 0 Å². The quantitative estimate of drug-likeness (QED) is 0.162. The number of nitrogens with zero attached hydrogens (tertiary/aromatic N) is 3. The van der Waals surface area contributed by atoms with Gasteiger partial charge in [-0.15, -0.1) is 0 Å². The average molecular weight is 908 g/mol. The maximum atomic E-state index is 5.52. The molecule has 13 rings (SSSR count). The van der Waals surface area contributed by atoms with Crippen LogP contribution < -0.4 is 0 Å². The fraction of sp³-hybridized carbons (Fsp3) is 0.103. The van der Waals surface area contributed by atoms with Gasteiger partial charge in [-0.05, 0) is 24.3 Å². The SMILES string of the molecule is CC1(C)c2cc3c(cc2-c2c1cc(C1=Nc4ccccc4I1c1ccccc1)c1ccccc21)C(C)(C)c1cc(-c2nc4ccccc4n2-c2ccccc2)c2ccccc2c1-3. The van der Waals surface area contributed by atoms with Crippen LogP contribution in [-0.4, -0.2) is 13.3 Å². The zero-order valence-electron chi connectivity index (χ0n) is 35.0. The number of benzene rings is 9. The molecule has 9 aromatic carbocycles. The predicted molar refractivity (Wildman–Crippen MR) is 267 cm³/mol. The number of imidazole rings is 1. The summed E-state index contributed by atoms with van der Waals surface area (Å²) in [5.74, 6) is 0.968. The van der Waals surface area contributed by atoms with Crippen LogP contribution >= 0.6 is 19.8 Å². The average Bonchev–Trinajstić information content (AvgIpc) is 4.01. The molecular weight excluding hydrogens is 866 g/mol. The molecule has 0 fully saturated rings. The topological polar surface area (TPSA) is 30.2 Å². The first-order chi connectivity index (χ1) is 30.3. The number of para-hydroxylation sites is 4. The van der Waals surface area contributed by atoms with Crippen LogP contribution in [0.2, 0.25) is 0 Å². The van der Waals surface area contributed by atoms with Crippen LogP contribution in [0.25, 0.3) is 71.9 Å². The van der Waals surface area contributed by atoms with Gasteiger partial charge in [0, 0.05) is 5.69 Å². The Morgan fingerprint density at radius 2 is 0.952 bits per heavy atom. The molecule has 0 spiro atoms. The second-order valence-corrected chi connectivity index (χ2v) is 23.1. The molecule has 62 heavy (non-hydrogen) atoms. The molecule has 0 bridgehead atoms. The Morgan fingerprint density at radius 1 is 0.452 bits per heavy atom. The molecule has 10 aromatic rings. The van der Waals surface area contributed by atoms with Crippen LogP contribution in [0.1, 0.15) is 55.5 Å². The van der Waals surface area contributed by atoms with Crippen LogP contribution in [0.3, 0.4) is 0 Å². The Kier molecular flexibility index (Phi) is 7.53. The van der Waals surface area contributed by atoms with E-state index >= 15 is 0 Å². The van der Waals surface area contributed by atoms with Gasteiger partial charge in [0.05, 0.1) is 11.0 Å². The van der Waals surface area contributed by atoms with E-state index in [4.69, 9.17) is 9.98 Å². The maximum absolute atomic E-state index is 5.52. The first-order valence-electron chi connectivity index (χ1n) is 21.6. The van der Waals surface area contributed by atoms with Crippen LogP contribution in [0.5, 0.6) is 0 Å². The Hall–Kier alpha value is -6.63. The first kappa shape index (κ1) is 36.1. The molecular formula is C58H42IN3. The summed E-state index contributed by atoms with van der Waals surface area (Å²) in [6.45, 7) is 9.74. The van der Waals surface area contributed by atoms with E-state index < -0.39 is 19.8 Å². The third kappa shape index (κ3) is 4.87. The van der Waals surface area contributed by atoms with Crippen LogP contribution in [-0.2, 0) is 10.8 Å². The molecule has 0 unspecified atom stereocenters. The van der Waals surface area contributed by atoms with Crippen LogP contribution in [0.15, 0.2) is 187 Å². The van der Waals surface area contributed by atoms with Crippen molar-refractivity contribution in [2.75, 3.05) is 0 Å². The van der Waals surface area contributed by atoms with Crippen molar-refractivity contribution >= 4 is 61.8 Å². The molecule has 0 saturated carbocycles. The summed E-state index contributed by atoms with van der Waals surface area (Å²) >= 11 is -2.08. The minimum atomic E-state index is -2.08. The van der Waals surface area contributed by atoms with Gasteiger partial charge in [-0.1, -0.05) is 36.4 Å². The van der Waals surface area contributed by atoms with Gasteiger partial charge in [0.1, 0.15) is 5.82 Å². The van der Waals surface area contributed by atoms with Gasteiger partial charge < -0.3 is 0 Å². The zero-order valence-corrected chi connectivity index (χ0v) is 37.2. The molecule has 1 aromatic heterocycles. The summed E-state index contributed by atoms with van der Waals surface area (Å²) in [6, 6.07) is 67.5. The molecule has 0 radical (unpaired) electrons. The van der Waals surface area contributed by atoms with E-state index in [1.165, 1.54) is 82.5 Å². The zero-order chi connectivity index (χ0) is 41.5. The number of hydrogen-bond donors (Lipinski definition) is 0. The van der Waals surface area contributed by atoms with Crippen LogP contribution in [0, 0.1) is 7.14 Å². The van der Waals surface area contributed by atoms with E-state index in [0.717, 1.165) is 33.8 Å². The molecule has 2 aliphatic carbocycles. The van der Waals surface area contributed by atoms with Crippen molar-refractivity contribution in [3.05, 3.63) is 217 Å². The van der Waals surface area contributed by atoms with Gasteiger partial charge >= 0.3 is 278 Å². The van der Waals surface area contributed by atoms with E-state index in [1.54, 1.807) is 0 Å². The Balaban J connectivity index is 1.03. The molecule has 3 aliphatic rings. The van der Waals surface area contributed by atoms with Crippen molar-refractivity contribution in [2.24, 2.45) is 4.99 Å². The third-order valence-corrected chi connectivity index (χ3v) is 19.8. The normalized spacial score (nSPS) is 15.7. The van der Waals surface area contributed by atoms with E-state index in [0.29, 0.717) is 0 Å². The standard InChI is InChI=1S/C58H42IN3/c1-57(2)45-34-44-46(33-43(45)53-39-25-13-11-23-37(39)41(31-47(53)57)55-59(35-19-7-5-8-20-35)49-27-15-16-28-50(49)60-55)58(3,4)48-32-42(38-24-12-14-26-40(38)54(44)48)56-61-51-29-17-18-30-52(51)62(56)36-21-9-6-10-22-36/h5-34H,1-4H3. The van der Waals surface area contributed by atoms with Gasteiger partial charge in [0.15, 0.2) is 0 Å². The monoisotopic (exact) mass is 907 g/mol. The first-order valence-corrected chi connectivity index (χ1v) is 24.8. The van der Waals surface area contributed by atoms with Crippen molar-refractivity contribution in [2.45, 2.75) is 38.5 Å². The van der Waals surface area contributed by atoms with Gasteiger partial charge in [-0.25, -0.2) is 4.98 Å². The minimum absolute atomic E-state index is 0.237. The van der Waals surface area contributed by atoms with Crippen molar-refractivity contribution in [3.63, 3.8) is 0 Å². The molecule has 0 amide bonds. The van der Waals surface area contributed by atoms with Crippen LogP contribution in [0.4, 0.5) is 5.69 Å². The molecule has 1 aliphatic heterocycles. The summed E-state index contributed by atoms with van der Waals surface area (Å²) in [5, 5.41) is 5.10. The third-order valence-electron chi connectivity index (χ3n) is 13.9. The summed E-state index contributed by atoms with van der Waals surface area (Å²) in [5.41, 5.74) is 17.3.